The molecule has 1 N–H and O–H groups in total. The van der Waals surface area contributed by atoms with Gasteiger partial charge in [-0.25, -0.2) is 9.18 Å². The summed E-state index contributed by atoms with van der Waals surface area (Å²) < 4.78 is 32.3. The van der Waals surface area contributed by atoms with E-state index in [0.29, 0.717) is 38.6 Å². The lowest BCUT2D eigenvalue weighted by Crippen LogP contribution is -2.55. The van der Waals surface area contributed by atoms with Crippen LogP contribution < -0.4 is 5.32 Å². The molecule has 1 saturated carbocycles. The molecule has 2 fully saturated rings. The molecule has 0 bridgehead atoms. The zero-order valence-corrected chi connectivity index (χ0v) is 33.4. The molecule has 1 aliphatic carbocycles. The number of benzene rings is 1. The fraction of sp³-hybridized carbons (Fsp3) is 0.732. The van der Waals surface area contributed by atoms with Gasteiger partial charge in [0.25, 0.3) is 0 Å². The second kappa shape index (κ2) is 20.3. The lowest BCUT2D eigenvalue weighted by Gasteiger charge is -2.41. The van der Waals surface area contributed by atoms with Crippen molar-refractivity contribution in [2.75, 3.05) is 34.9 Å². The van der Waals surface area contributed by atoms with Crippen LogP contribution in [0.15, 0.2) is 30.3 Å². The molecule has 1 heterocycles. The number of methoxy groups -OCH3 is 3. The van der Waals surface area contributed by atoms with Crippen molar-refractivity contribution in [1.82, 2.24) is 15.1 Å². The number of rotatable bonds is 20. The number of nitrogens with one attached hydrogen (secondary N) is 1. The minimum Gasteiger partial charge on any atom is -0.467 e. The summed E-state index contributed by atoms with van der Waals surface area (Å²) in [5.41, 5.74) is -0.993. The van der Waals surface area contributed by atoms with E-state index < -0.39 is 59.6 Å². The number of likely N-dealkylation sites (tertiary alicyclic amines) is 1. The number of amides is 3. The van der Waals surface area contributed by atoms with Crippen molar-refractivity contribution in [1.29, 1.82) is 0 Å². The number of halogens is 1. The van der Waals surface area contributed by atoms with Gasteiger partial charge in [-0.3, -0.25) is 19.2 Å². The number of ketones is 1. The van der Waals surface area contributed by atoms with Crippen LogP contribution in [-0.2, 0) is 44.6 Å². The Hall–Kier alpha value is -3.38. The lowest BCUT2D eigenvalue weighted by atomic mass is 9.83. The molecule has 298 valence electrons. The fourth-order valence-corrected chi connectivity index (χ4v) is 8.26. The summed E-state index contributed by atoms with van der Waals surface area (Å²) in [5, 5.41) is 2.85. The van der Waals surface area contributed by atoms with Gasteiger partial charge in [-0.1, -0.05) is 71.4 Å². The monoisotopic (exact) mass is 745 g/mol. The van der Waals surface area contributed by atoms with Crippen molar-refractivity contribution >= 4 is 29.5 Å². The Morgan fingerprint density at radius 3 is 2.15 bits per heavy atom. The Balaban J connectivity index is 1.77. The quantitative estimate of drug-likeness (QED) is 0.178. The van der Waals surface area contributed by atoms with Gasteiger partial charge in [0.1, 0.15) is 6.04 Å². The summed E-state index contributed by atoms with van der Waals surface area (Å²) in [6, 6.07) is 7.55. The topological polar surface area (TPSA) is 132 Å². The molecule has 8 atom stereocenters. The van der Waals surface area contributed by atoms with Crippen molar-refractivity contribution in [3.63, 3.8) is 0 Å². The van der Waals surface area contributed by atoms with E-state index in [9.17, 15) is 24.0 Å². The summed E-state index contributed by atoms with van der Waals surface area (Å²) in [6.07, 6.45) is 2.55. The maximum absolute atomic E-state index is 15.4. The number of likely N-dealkylation sites (N-methyl/N-ethyl adjacent to an activating group) is 1. The summed E-state index contributed by atoms with van der Waals surface area (Å²) in [7, 11) is 6.02. The lowest BCUT2D eigenvalue weighted by molar-refractivity contribution is -0.150. The first kappa shape index (κ1) is 44.0. The van der Waals surface area contributed by atoms with Crippen LogP contribution in [0.25, 0.3) is 0 Å². The average Bonchev–Trinajstić information content (AvgIpc) is 3.83. The van der Waals surface area contributed by atoms with Crippen molar-refractivity contribution < 1.29 is 42.6 Å². The summed E-state index contributed by atoms with van der Waals surface area (Å²) in [6.45, 7) is 9.97. The maximum atomic E-state index is 15.4. The Kier molecular flexibility index (Phi) is 16.9. The van der Waals surface area contributed by atoms with Crippen molar-refractivity contribution in [3.8, 4) is 0 Å². The maximum Gasteiger partial charge on any atom is 0.328 e. The number of nitrogens with zero attached hydrogens (tertiary/aromatic N) is 2. The van der Waals surface area contributed by atoms with Gasteiger partial charge in [0.15, 0.2) is 11.5 Å². The minimum absolute atomic E-state index is 0.0169. The molecule has 12 heteroatoms. The molecule has 0 unspecified atom stereocenters. The van der Waals surface area contributed by atoms with E-state index in [-0.39, 0.29) is 61.7 Å². The average molecular weight is 746 g/mol. The van der Waals surface area contributed by atoms with Gasteiger partial charge in [-0.15, -0.1) is 0 Å². The van der Waals surface area contributed by atoms with Crippen LogP contribution in [0.1, 0.15) is 98.0 Å². The number of hydrogen-bond acceptors (Lipinski definition) is 8. The fourth-order valence-electron chi connectivity index (χ4n) is 8.26. The zero-order chi connectivity index (χ0) is 39.5. The highest BCUT2D eigenvalue weighted by atomic mass is 19.1. The highest BCUT2D eigenvalue weighted by Crippen LogP contribution is 2.37. The predicted molar refractivity (Wildman–Crippen MR) is 200 cm³/mol. The van der Waals surface area contributed by atoms with E-state index in [2.05, 4.69) is 5.32 Å². The molecule has 3 rings (SSSR count). The van der Waals surface area contributed by atoms with Crippen LogP contribution in [0.5, 0.6) is 0 Å². The van der Waals surface area contributed by atoms with Gasteiger partial charge in [-0.2, -0.15) is 0 Å². The largest absolute Gasteiger partial charge is 0.467 e. The Morgan fingerprint density at radius 1 is 0.962 bits per heavy atom. The standard InChI is InChI=1S/C41H64FN3O8/c1-10-27(4)36(44(6)39(49)30(26(2)3)24-34(46)41(42)20-14-15-21-41)33(51-7)25-35(47)45-22-16-19-32(45)37(52-8)28(5)38(48)43-31(40(50)53-9)23-29-17-12-11-13-18-29/h11-13,17-18,26-28,30-33,36-37H,10,14-16,19-25H2,1-9H3,(H,43,48)/t27-,28+,30-,31-,32-,33+,36-,37+/m0/s1. The molecule has 0 spiro atoms. The smallest absolute Gasteiger partial charge is 0.328 e. The minimum atomic E-state index is -1.86. The van der Waals surface area contributed by atoms with Gasteiger partial charge in [-0.05, 0) is 55.9 Å². The zero-order valence-electron chi connectivity index (χ0n) is 33.4. The summed E-state index contributed by atoms with van der Waals surface area (Å²) >= 11 is 0. The molecule has 0 aromatic heterocycles. The summed E-state index contributed by atoms with van der Waals surface area (Å²) in [4.78, 5) is 71.1. The third kappa shape index (κ3) is 11.1. The normalized spacial score (nSPS) is 20.9. The molecule has 3 amide bonds. The number of esters is 1. The molecule has 11 nitrogen and oxygen atoms in total. The molecule has 1 aromatic carbocycles. The number of Topliss-reactive ketones (excluding diaryl/α,β-unsaturated/α-hetero) is 1. The van der Waals surface area contributed by atoms with Crippen molar-refractivity contribution in [2.24, 2.45) is 23.7 Å². The first-order chi connectivity index (χ1) is 25.1. The summed E-state index contributed by atoms with van der Waals surface area (Å²) in [5.74, 6) is -3.56. The highest BCUT2D eigenvalue weighted by Gasteiger charge is 2.46. The number of carbonyl (C=O) groups is 5. The molecular formula is C41H64FN3O8. The van der Waals surface area contributed by atoms with Gasteiger partial charge >= 0.3 is 5.97 Å². The van der Waals surface area contributed by atoms with Gasteiger partial charge in [0.2, 0.25) is 17.7 Å². The number of hydrogen-bond donors (Lipinski definition) is 1. The molecule has 0 radical (unpaired) electrons. The van der Waals surface area contributed by atoms with Crippen LogP contribution >= 0.6 is 0 Å². The molecule has 2 aliphatic rings. The molecule has 53 heavy (non-hydrogen) atoms. The van der Waals surface area contributed by atoms with E-state index in [4.69, 9.17) is 14.2 Å². The number of ether oxygens (including phenoxy) is 3. The van der Waals surface area contributed by atoms with E-state index >= 15 is 4.39 Å². The van der Waals surface area contributed by atoms with E-state index in [1.54, 1.807) is 23.8 Å². The second-order valence-corrected chi connectivity index (χ2v) is 15.5. The van der Waals surface area contributed by atoms with E-state index in [1.807, 2.05) is 58.0 Å². The first-order valence-corrected chi connectivity index (χ1v) is 19.4. The molecule has 1 aromatic rings. The van der Waals surface area contributed by atoms with Crippen molar-refractivity contribution in [2.45, 2.75) is 135 Å². The number of alkyl halides is 1. The highest BCUT2D eigenvalue weighted by molar-refractivity contribution is 5.92. The Labute approximate surface area is 316 Å². The van der Waals surface area contributed by atoms with Gasteiger partial charge in [0.05, 0.1) is 43.7 Å². The van der Waals surface area contributed by atoms with Crippen LogP contribution in [-0.4, -0.2) is 110 Å². The van der Waals surface area contributed by atoms with E-state index in [1.165, 1.54) is 21.3 Å². The van der Waals surface area contributed by atoms with Crippen LogP contribution in [0.2, 0.25) is 0 Å². The second-order valence-electron chi connectivity index (χ2n) is 15.5. The number of carbonyl (C=O) groups excluding carboxylic acids is 5. The molecular weight excluding hydrogens is 681 g/mol. The Morgan fingerprint density at radius 2 is 1.60 bits per heavy atom. The van der Waals surface area contributed by atoms with E-state index in [0.717, 1.165) is 5.56 Å². The van der Waals surface area contributed by atoms with Crippen molar-refractivity contribution in [3.05, 3.63) is 35.9 Å². The van der Waals surface area contributed by atoms with Crippen LogP contribution in [0.3, 0.4) is 0 Å². The predicted octanol–water partition coefficient (Wildman–Crippen LogP) is 5.32. The molecule has 1 aliphatic heterocycles. The Bertz CT molecular complexity index is 1370. The van der Waals surface area contributed by atoms with Gasteiger partial charge in [0, 0.05) is 46.6 Å². The third-order valence-corrected chi connectivity index (χ3v) is 11.8. The SMILES string of the molecule is CC[C@H](C)[C@@H]([C@@H](CC(=O)N1CCC[C@H]1[C@H](OC)[C@@H](C)C(=O)N[C@@H](Cc1ccccc1)C(=O)OC)OC)N(C)C(=O)[C@@H](CC(=O)C1(F)CCCC1)C(C)C. The van der Waals surface area contributed by atoms with Crippen LogP contribution in [0, 0.1) is 23.7 Å². The van der Waals surface area contributed by atoms with Crippen LogP contribution in [0.4, 0.5) is 4.39 Å². The first-order valence-electron chi connectivity index (χ1n) is 19.4. The molecule has 1 saturated heterocycles. The third-order valence-electron chi connectivity index (χ3n) is 11.8. The van der Waals surface area contributed by atoms with Gasteiger partial charge < -0.3 is 29.3 Å².